The number of methoxy groups -OCH3 is 1. The quantitative estimate of drug-likeness (QED) is 0.680. The van der Waals surface area contributed by atoms with Crippen molar-refractivity contribution in [2.24, 2.45) is 0 Å². The number of H-pyrrole nitrogens is 1. The van der Waals surface area contributed by atoms with Gasteiger partial charge in [0.05, 0.1) is 13.2 Å². The number of ether oxygens (including phenoxy) is 1. The average molecular weight is 294 g/mol. The van der Waals surface area contributed by atoms with Gasteiger partial charge in [-0.15, -0.1) is 0 Å². The largest absolute Gasteiger partial charge is 0.504 e. The number of nitrogens with one attached hydrogen (secondary N) is 2. The van der Waals surface area contributed by atoms with Gasteiger partial charge in [-0.3, -0.25) is 0 Å². The van der Waals surface area contributed by atoms with Crippen LogP contribution >= 0.6 is 0 Å². The maximum atomic E-state index is 9.79. The van der Waals surface area contributed by atoms with Crippen molar-refractivity contribution in [3.05, 3.63) is 59.3 Å². The number of aromatic hydroxyl groups is 1. The van der Waals surface area contributed by atoms with E-state index in [9.17, 15) is 5.11 Å². The zero-order valence-corrected chi connectivity index (χ0v) is 12.4. The molecule has 1 aromatic heterocycles. The molecule has 3 N–H and O–H groups in total. The van der Waals surface area contributed by atoms with Gasteiger partial charge in [-0.05, 0) is 35.7 Å². The highest BCUT2D eigenvalue weighted by atomic mass is 16.5. The maximum Gasteiger partial charge on any atom is 0.160 e. The molecule has 1 aliphatic rings. The standard InChI is InChI=1S/C18H18N2O2/c1-22-16-10-11(6-7-15(16)21)17-18-13(8-9-19-17)12-4-2-3-5-14(12)20-18/h2-7,10,17,19-21H,8-9H2,1H3/t17-/m0/s1. The van der Waals surface area contributed by atoms with Gasteiger partial charge in [0.15, 0.2) is 11.5 Å². The second kappa shape index (κ2) is 5.07. The molecule has 1 atom stereocenters. The summed E-state index contributed by atoms with van der Waals surface area (Å²) in [4.78, 5) is 3.55. The zero-order valence-electron chi connectivity index (χ0n) is 12.4. The van der Waals surface area contributed by atoms with Crippen molar-refractivity contribution in [1.82, 2.24) is 10.3 Å². The molecule has 22 heavy (non-hydrogen) atoms. The highest BCUT2D eigenvalue weighted by Crippen LogP contribution is 2.36. The van der Waals surface area contributed by atoms with E-state index in [1.165, 1.54) is 22.2 Å². The predicted octanol–water partition coefficient (Wildman–Crippen LogP) is 3.12. The van der Waals surface area contributed by atoms with Crippen molar-refractivity contribution in [2.45, 2.75) is 12.5 Å². The lowest BCUT2D eigenvalue weighted by Crippen LogP contribution is -2.30. The maximum absolute atomic E-state index is 9.79. The summed E-state index contributed by atoms with van der Waals surface area (Å²) in [7, 11) is 1.57. The number of para-hydroxylation sites is 1. The van der Waals surface area contributed by atoms with Crippen LogP contribution in [0.15, 0.2) is 42.5 Å². The smallest absolute Gasteiger partial charge is 0.160 e. The molecule has 0 spiro atoms. The highest BCUT2D eigenvalue weighted by Gasteiger charge is 2.25. The Kier molecular flexibility index (Phi) is 3.05. The number of hydrogen-bond acceptors (Lipinski definition) is 3. The van der Waals surface area contributed by atoms with Crippen molar-refractivity contribution in [1.29, 1.82) is 0 Å². The number of aromatic amines is 1. The minimum atomic E-state index is 0.0886. The van der Waals surface area contributed by atoms with Crippen LogP contribution in [0.5, 0.6) is 11.5 Å². The molecular weight excluding hydrogens is 276 g/mol. The van der Waals surface area contributed by atoms with E-state index in [-0.39, 0.29) is 11.8 Å². The SMILES string of the molecule is COc1cc([C@@H]2NCCc3c2[nH]c2ccccc32)ccc1O. The van der Waals surface area contributed by atoms with Crippen molar-refractivity contribution < 1.29 is 9.84 Å². The van der Waals surface area contributed by atoms with Gasteiger partial charge in [0.1, 0.15) is 0 Å². The summed E-state index contributed by atoms with van der Waals surface area (Å²) < 4.78 is 5.24. The second-order valence-electron chi connectivity index (χ2n) is 5.63. The lowest BCUT2D eigenvalue weighted by molar-refractivity contribution is 0.372. The molecule has 1 aliphatic heterocycles. The van der Waals surface area contributed by atoms with Crippen molar-refractivity contribution in [2.75, 3.05) is 13.7 Å². The molecule has 0 fully saturated rings. The lowest BCUT2D eigenvalue weighted by atomic mass is 9.94. The lowest BCUT2D eigenvalue weighted by Gasteiger charge is -2.25. The van der Waals surface area contributed by atoms with Gasteiger partial charge in [-0.2, -0.15) is 0 Å². The van der Waals surface area contributed by atoms with Gasteiger partial charge in [-0.1, -0.05) is 24.3 Å². The van der Waals surface area contributed by atoms with Crippen LogP contribution in [0.25, 0.3) is 10.9 Å². The van der Waals surface area contributed by atoms with E-state index in [0.29, 0.717) is 5.75 Å². The predicted molar refractivity (Wildman–Crippen MR) is 86.5 cm³/mol. The summed E-state index contributed by atoms with van der Waals surface area (Å²) in [6.07, 6.45) is 1.02. The Balaban J connectivity index is 1.85. The molecule has 4 rings (SSSR count). The molecule has 0 aliphatic carbocycles. The summed E-state index contributed by atoms with van der Waals surface area (Å²) in [6, 6.07) is 14.0. The van der Waals surface area contributed by atoms with Crippen molar-refractivity contribution in [3.8, 4) is 11.5 Å². The van der Waals surface area contributed by atoms with E-state index in [0.717, 1.165) is 18.5 Å². The molecule has 0 amide bonds. The summed E-state index contributed by atoms with van der Waals surface area (Å²) in [5.74, 6) is 0.668. The molecular formula is C18H18N2O2. The van der Waals surface area contributed by atoms with Crippen molar-refractivity contribution >= 4 is 10.9 Å². The molecule has 3 aromatic rings. The van der Waals surface area contributed by atoms with E-state index in [4.69, 9.17) is 4.74 Å². The van der Waals surface area contributed by atoms with Crippen LogP contribution in [0.4, 0.5) is 0 Å². The molecule has 4 heteroatoms. The Morgan fingerprint density at radius 3 is 2.91 bits per heavy atom. The molecule has 0 radical (unpaired) electrons. The molecule has 2 heterocycles. The monoisotopic (exact) mass is 294 g/mol. The number of rotatable bonds is 2. The fraction of sp³-hybridized carbons (Fsp3) is 0.222. The Morgan fingerprint density at radius 1 is 1.18 bits per heavy atom. The first-order chi connectivity index (χ1) is 10.8. The number of benzene rings is 2. The van der Waals surface area contributed by atoms with Crippen LogP contribution in [0, 0.1) is 0 Å². The fourth-order valence-corrected chi connectivity index (χ4v) is 3.34. The van der Waals surface area contributed by atoms with E-state index in [1.807, 2.05) is 12.1 Å². The number of fused-ring (bicyclic) bond motifs is 3. The number of hydrogen-bond donors (Lipinski definition) is 3. The number of phenols is 1. The summed E-state index contributed by atoms with van der Waals surface area (Å²) in [5, 5.41) is 14.6. The third-order valence-electron chi connectivity index (χ3n) is 4.40. The normalized spacial score (nSPS) is 17.4. The minimum absolute atomic E-state index is 0.0886. The average Bonchev–Trinajstić information content (AvgIpc) is 2.94. The fourth-order valence-electron chi connectivity index (χ4n) is 3.34. The van der Waals surface area contributed by atoms with Crippen LogP contribution < -0.4 is 10.1 Å². The Morgan fingerprint density at radius 2 is 2.05 bits per heavy atom. The Hall–Kier alpha value is -2.46. The van der Waals surface area contributed by atoms with Gasteiger partial charge in [-0.25, -0.2) is 0 Å². The van der Waals surface area contributed by atoms with Gasteiger partial charge in [0.25, 0.3) is 0 Å². The van der Waals surface area contributed by atoms with Crippen LogP contribution in [0.2, 0.25) is 0 Å². The third kappa shape index (κ3) is 1.96. The number of aromatic nitrogens is 1. The van der Waals surface area contributed by atoms with Gasteiger partial charge >= 0.3 is 0 Å². The topological polar surface area (TPSA) is 57.3 Å². The molecule has 112 valence electrons. The minimum Gasteiger partial charge on any atom is -0.504 e. The van der Waals surface area contributed by atoms with Gasteiger partial charge in [0, 0.05) is 23.1 Å². The van der Waals surface area contributed by atoms with Crippen molar-refractivity contribution in [3.63, 3.8) is 0 Å². The van der Waals surface area contributed by atoms with E-state index in [2.05, 4.69) is 34.6 Å². The van der Waals surface area contributed by atoms with E-state index >= 15 is 0 Å². The zero-order chi connectivity index (χ0) is 15.1. The number of phenolic OH excluding ortho intramolecular Hbond substituents is 1. The first-order valence-corrected chi connectivity index (χ1v) is 7.47. The van der Waals surface area contributed by atoms with Gasteiger partial charge in [0.2, 0.25) is 0 Å². The van der Waals surface area contributed by atoms with Crippen LogP contribution in [0.3, 0.4) is 0 Å². The summed E-state index contributed by atoms with van der Waals surface area (Å²) >= 11 is 0. The Labute approximate surface area is 128 Å². The molecule has 0 saturated heterocycles. The molecule has 0 unspecified atom stereocenters. The molecule has 0 saturated carbocycles. The third-order valence-corrected chi connectivity index (χ3v) is 4.40. The summed E-state index contributed by atoms with van der Waals surface area (Å²) in [5.41, 5.74) is 4.85. The first-order valence-electron chi connectivity index (χ1n) is 7.47. The Bertz CT molecular complexity index is 838. The molecule has 2 aromatic carbocycles. The van der Waals surface area contributed by atoms with E-state index < -0.39 is 0 Å². The van der Waals surface area contributed by atoms with Crippen LogP contribution in [-0.2, 0) is 6.42 Å². The second-order valence-corrected chi connectivity index (χ2v) is 5.63. The molecule has 4 nitrogen and oxygen atoms in total. The van der Waals surface area contributed by atoms with Crippen LogP contribution in [-0.4, -0.2) is 23.7 Å². The molecule has 0 bridgehead atoms. The van der Waals surface area contributed by atoms with Crippen LogP contribution in [0.1, 0.15) is 22.9 Å². The van der Waals surface area contributed by atoms with E-state index in [1.54, 1.807) is 13.2 Å². The van der Waals surface area contributed by atoms with Gasteiger partial charge < -0.3 is 20.1 Å². The summed E-state index contributed by atoms with van der Waals surface area (Å²) in [6.45, 7) is 0.933. The first kappa shape index (κ1) is 13.2. The highest BCUT2D eigenvalue weighted by molar-refractivity contribution is 5.85.